The quantitative estimate of drug-likeness (QED) is 0.592. The van der Waals surface area contributed by atoms with E-state index in [2.05, 4.69) is 46.8 Å². The van der Waals surface area contributed by atoms with Crippen molar-refractivity contribution in [1.29, 1.82) is 5.26 Å². The van der Waals surface area contributed by atoms with Crippen molar-refractivity contribution in [3.8, 4) is 11.8 Å². The first-order chi connectivity index (χ1) is 12.7. The molecule has 0 heterocycles. The van der Waals surface area contributed by atoms with Gasteiger partial charge in [-0.25, -0.2) is 4.99 Å². The highest BCUT2D eigenvalue weighted by Crippen LogP contribution is 2.20. The van der Waals surface area contributed by atoms with Gasteiger partial charge in [-0.1, -0.05) is 24.3 Å². The summed E-state index contributed by atoms with van der Waals surface area (Å²) >= 11 is 0. The van der Waals surface area contributed by atoms with Gasteiger partial charge in [0.05, 0.1) is 24.8 Å². The molecule has 0 radical (unpaired) electrons. The van der Waals surface area contributed by atoms with Crippen LogP contribution in [0.25, 0.3) is 0 Å². The average Bonchev–Trinajstić information content (AvgIpc) is 2.65. The normalized spacial score (nSPS) is 10.9. The Hall–Kier alpha value is -3.00. The van der Waals surface area contributed by atoms with Gasteiger partial charge in [0.25, 0.3) is 0 Å². The Kier molecular flexibility index (Phi) is 7.50. The van der Waals surface area contributed by atoms with Crippen LogP contribution >= 0.6 is 0 Å². The minimum Gasteiger partial charge on any atom is -0.494 e. The number of nitriles is 1. The lowest BCUT2D eigenvalue weighted by Gasteiger charge is -2.15. The van der Waals surface area contributed by atoms with Crippen molar-refractivity contribution >= 4 is 5.96 Å². The van der Waals surface area contributed by atoms with E-state index in [0.717, 1.165) is 29.4 Å². The summed E-state index contributed by atoms with van der Waals surface area (Å²) in [5, 5.41) is 15.6. The first kappa shape index (κ1) is 19.3. The third-order valence-electron chi connectivity index (χ3n) is 3.79. The Labute approximate surface area is 155 Å². The molecule has 5 nitrogen and oxygen atoms in total. The number of guanidine groups is 1. The van der Waals surface area contributed by atoms with E-state index in [0.29, 0.717) is 25.3 Å². The molecule has 0 saturated carbocycles. The number of hydrogen-bond donors (Lipinski definition) is 2. The minimum atomic E-state index is 0.511. The van der Waals surface area contributed by atoms with Crippen LogP contribution in [0.5, 0.6) is 5.75 Å². The molecular weight excluding hydrogens is 324 g/mol. The minimum absolute atomic E-state index is 0.511. The summed E-state index contributed by atoms with van der Waals surface area (Å²) in [5.74, 6) is 1.63. The monoisotopic (exact) mass is 350 g/mol. The van der Waals surface area contributed by atoms with Gasteiger partial charge in [0.15, 0.2) is 5.96 Å². The highest BCUT2D eigenvalue weighted by molar-refractivity contribution is 5.79. The summed E-state index contributed by atoms with van der Waals surface area (Å²) in [6, 6.07) is 15.9. The standard InChI is InChI=1S/C21H26N4O/c1-4-23-21(24-14-18-8-6-7-17(12-18)13-22)25-15-19-10-9-16(3)11-20(19)26-5-2/h6-12H,4-5,14-15H2,1-3H3,(H2,23,24,25). The van der Waals surface area contributed by atoms with E-state index in [9.17, 15) is 0 Å². The maximum atomic E-state index is 9.00. The molecule has 0 bridgehead atoms. The van der Waals surface area contributed by atoms with Crippen LogP contribution in [0.4, 0.5) is 0 Å². The van der Waals surface area contributed by atoms with Gasteiger partial charge in [-0.15, -0.1) is 0 Å². The SMILES string of the molecule is CCNC(=NCc1cccc(C#N)c1)NCc1ccc(C)cc1OCC. The number of rotatable bonds is 7. The fourth-order valence-corrected chi connectivity index (χ4v) is 2.53. The molecule has 2 aromatic rings. The molecule has 2 aromatic carbocycles. The van der Waals surface area contributed by atoms with Crippen LogP contribution < -0.4 is 15.4 Å². The molecule has 0 fully saturated rings. The first-order valence-corrected chi connectivity index (χ1v) is 8.89. The van der Waals surface area contributed by atoms with Crippen LogP contribution in [-0.4, -0.2) is 19.1 Å². The molecule has 0 spiro atoms. The molecule has 0 atom stereocenters. The zero-order chi connectivity index (χ0) is 18.8. The number of ether oxygens (including phenoxy) is 1. The van der Waals surface area contributed by atoms with Crippen molar-refractivity contribution in [2.75, 3.05) is 13.2 Å². The lowest BCUT2D eigenvalue weighted by atomic mass is 10.1. The molecule has 0 saturated heterocycles. The Bertz CT molecular complexity index is 793. The lowest BCUT2D eigenvalue weighted by molar-refractivity contribution is 0.336. The van der Waals surface area contributed by atoms with E-state index in [1.165, 1.54) is 5.56 Å². The third-order valence-corrected chi connectivity index (χ3v) is 3.79. The van der Waals surface area contributed by atoms with Gasteiger partial charge >= 0.3 is 0 Å². The smallest absolute Gasteiger partial charge is 0.191 e. The number of aliphatic imine (C=N–C) groups is 1. The molecule has 26 heavy (non-hydrogen) atoms. The fraction of sp³-hybridized carbons (Fsp3) is 0.333. The lowest BCUT2D eigenvalue weighted by Crippen LogP contribution is -2.36. The Morgan fingerprint density at radius 2 is 2.00 bits per heavy atom. The zero-order valence-corrected chi connectivity index (χ0v) is 15.7. The van der Waals surface area contributed by atoms with E-state index in [1.807, 2.05) is 32.0 Å². The molecule has 0 aliphatic heterocycles. The predicted molar refractivity (Wildman–Crippen MR) is 105 cm³/mol. The fourth-order valence-electron chi connectivity index (χ4n) is 2.53. The van der Waals surface area contributed by atoms with Gasteiger partial charge in [0.1, 0.15) is 5.75 Å². The average molecular weight is 350 g/mol. The Morgan fingerprint density at radius 1 is 1.15 bits per heavy atom. The van der Waals surface area contributed by atoms with Gasteiger partial charge in [-0.05, 0) is 50.1 Å². The van der Waals surface area contributed by atoms with Crippen molar-refractivity contribution in [2.24, 2.45) is 4.99 Å². The summed E-state index contributed by atoms with van der Waals surface area (Å²) in [4.78, 5) is 4.61. The van der Waals surface area contributed by atoms with Crippen molar-refractivity contribution in [2.45, 2.75) is 33.9 Å². The Morgan fingerprint density at radius 3 is 2.73 bits per heavy atom. The van der Waals surface area contributed by atoms with Crippen LogP contribution in [0.15, 0.2) is 47.5 Å². The number of nitrogens with zero attached hydrogens (tertiary/aromatic N) is 2. The molecule has 0 aliphatic carbocycles. The van der Waals surface area contributed by atoms with Crippen LogP contribution in [0.3, 0.4) is 0 Å². The van der Waals surface area contributed by atoms with Crippen LogP contribution in [0.1, 0.15) is 36.1 Å². The maximum absolute atomic E-state index is 9.00. The Balaban J connectivity index is 2.07. The molecule has 2 rings (SSSR count). The van der Waals surface area contributed by atoms with Crippen molar-refractivity contribution in [1.82, 2.24) is 10.6 Å². The highest BCUT2D eigenvalue weighted by Gasteiger charge is 2.05. The van der Waals surface area contributed by atoms with Gasteiger partial charge < -0.3 is 15.4 Å². The topological polar surface area (TPSA) is 69.4 Å². The summed E-state index contributed by atoms with van der Waals surface area (Å²) in [5.41, 5.74) is 3.92. The van der Waals surface area contributed by atoms with Gasteiger partial charge in [-0.3, -0.25) is 0 Å². The predicted octanol–water partition coefficient (Wildman–Crippen LogP) is 3.52. The first-order valence-electron chi connectivity index (χ1n) is 8.89. The number of aryl methyl sites for hydroxylation is 1. The van der Waals surface area contributed by atoms with Gasteiger partial charge in [0, 0.05) is 18.7 Å². The van der Waals surface area contributed by atoms with Gasteiger partial charge in [0.2, 0.25) is 0 Å². The number of benzene rings is 2. The second kappa shape index (κ2) is 10.1. The molecule has 0 aliphatic rings. The summed E-state index contributed by atoms with van der Waals surface area (Å²) in [7, 11) is 0. The van der Waals surface area contributed by atoms with E-state index >= 15 is 0 Å². The van der Waals surface area contributed by atoms with Crippen molar-refractivity contribution < 1.29 is 4.74 Å². The molecule has 0 unspecified atom stereocenters. The molecule has 136 valence electrons. The van der Waals surface area contributed by atoms with Crippen LogP contribution in [-0.2, 0) is 13.1 Å². The number of hydrogen-bond acceptors (Lipinski definition) is 3. The number of nitrogens with one attached hydrogen (secondary N) is 2. The van der Waals surface area contributed by atoms with E-state index in [-0.39, 0.29) is 0 Å². The molecule has 0 amide bonds. The van der Waals surface area contributed by atoms with Crippen LogP contribution in [0.2, 0.25) is 0 Å². The molecule has 5 heteroatoms. The summed E-state index contributed by atoms with van der Waals surface area (Å²) in [6.07, 6.45) is 0. The second-order valence-electron chi connectivity index (χ2n) is 5.91. The van der Waals surface area contributed by atoms with Crippen molar-refractivity contribution in [3.63, 3.8) is 0 Å². The van der Waals surface area contributed by atoms with Gasteiger partial charge in [-0.2, -0.15) is 5.26 Å². The van der Waals surface area contributed by atoms with Crippen molar-refractivity contribution in [3.05, 3.63) is 64.7 Å². The summed E-state index contributed by atoms with van der Waals surface area (Å²) in [6.45, 7) is 8.62. The maximum Gasteiger partial charge on any atom is 0.191 e. The third kappa shape index (κ3) is 5.82. The van der Waals surface area contributed by atoms with E-state index in [4.69, 9.17) is 10.00 Å². The molecule has 0 aromatic heterocycles. The van der Waals surface area contributed by atoms with Crippen LogP contribution in [0, 0.1) is 18.3 Å². The highest BCUT2D eigenvalue weighted by atomic mass is 16.5. The second-order valence-corrected chi connectivity index (χ2v) is 5.91. The summed E-state index contributed by atoms with van der Waals surface area (Å²) < 4.78 is 5.73. The largest absolute Gasteiger partial charge is 0.494 e. The molecular formula is C21H26N4O. The van der Waals surface area contributed by atoms with E-state index < -0.39 is 0 Å². The zero-order valence-electron chi connectivity index (χ0n) is 15.7. The molecule has 2 N–H and O–H groups in total. The van der Waals surface area contributed by atoms with E-state index in [1.54, 1.807) is 6.07 Å².